The third-order valence-corrected chi connectivity index (χ3v) is 2.69. The first-order valence-electron chi connectivity index (χ1n) is 4.11. The lowest BCUT2D eigenvalue weighted by atomic mass is 10.1. The maximum atomic E-state index is 5.52. The van der Waals surface area contributed by atoms with Crippen molar-refractivity contribution >= 4 is 11.8 Å². The molecule has 0 radical (unpaired) electrons. The molecule has 0 spiro atoms. The molecule has 1 aromatic carbocycles. The largest absolute Gasteiger partial charge is 0.330 e. The number of hydrogen-bond donors (Lipinski definition) is 1. The van der Waals surface area contributed by atoms with Gasteiger partial charge in [-0.3, -0.25) is 0 Å². The predicted molar refractivity (Wildman–Crippen MR) is 55.7 cm³/mol. The molecule has 1 aromatic rings. The molecule has 0 saturated carbocycles. The average molecular weight is 181 g/mol. The summed E-state index contributed by atoms with van der Waals surface area (Å²) in [5.74, 6) is 0. The second-order valence-corrected chi connectivity index (χ2v) is 3.70. The van der Waals surface area contributed by atoms with Crippen LogP contribution in [0.4, 0.5) is 0 Å². The minimum atomic E-state index is 0.733. The van der Waals surface area contributed by atoms with Crippen LogP contribution in [0.3, 0.4) is 0 Å². The summed E-state index contributed by atoms with van der Waals surface area (Å²) in [5.41, 5.74) is 8.22. The first-order valence-corrected chi connectivity index (χ1v) is 5.34. The summed E-state index contributed by atoms with van der Waals surface area (Å²) in [7, 11) is 0. The summed E-state index contributed by atoms with van der Waals surface area (Å²) in [6, 6.07) is 6.54. The zero-order chi connectivity index (χ0) is 8.97. The van der Waals surface area contributed by atoms with Crippen molar-refractivity contribution in [3.8, 4) is 0 Å². The van der Waals surface area contributed by atoms with Crippen LogP contribution in [0.15, 0.2) is 23.1 Å². The van der Waals surface area contributed by atoms with Gasteiger partial charge in [-0.15, -0.1) is 11.8 Å². The third-order valence-electron chi connectivity index (χ3n) is 1.85. The Bertz CT molecular complexity index is 258. The summed E-state index contributed by atoms with van der Waals surface area (Å²) in [6.45, 7) is 2.85. The minimum Gasteiger partial charge on any atom is -0.330 e. The van der Waals surface area contributed by atoms with Crippen LogP contribution in [0.2, 0.25) is 0 Å². The molecule has 2 N–H and O–H groups in total. The Balaban J connectivity index is 2.95. The van der Waals surface area contributed by atoms with Crippen molar-refractivity contribution in [2.24, 2.45) is 5.73 Å². The van der Waals surface area contributed by atoms with E-state index in [1.54, 1.807) is 11.8 Å². The van der Waals surface area contributed by atoms with Crippen LogP contribution in [0.25, 0.3) is 0 Å². The number of rotatable bonds is 3. The van der Waals surface area contributed by atoms with E-state index in [0.717, 1.165) is 13.0 Å². The van der Waals surface area contributed by atoms with E-state index in [0.29, 0.717) is 0 Å². The van der Waals surface area contributed by atoms with Crippen LogP contribution in [0, 0.1) is 6.92 Å². The van der Waals surface area contributed by atoms with Crippen LogP contribution in [0.1, 0.15) is 11.1 Å². The zero-order valence-electron chi connectivity index (χ0n) is 7.63. The Labute approximate surface area is 78.4 Å². The molecule has 12 heavy (non-hydrogen) atoms. The van der Waals surface area contributed by atoms with E-state index in [4.69, 9.17) is 5.73 Å². The first kappa shape index (κ1) is 9.62. The van der Waals surface area contributed by atoms with E-state index < -0.39 is 0 Å². The molecule has 0 heterocycles. The highest BCUT2D eigenvalue weighted by atomic mass is 32.2. The van der Waals surface area contributed by atoms with Crippen LogP contribution in [-0.2, 0) is 6.42 Å². The van der Waals surface area contributed by atoms with Gasteiger partial charge in [0.2, 0.25) is 0 Å². The van der Waals surface area contributed by atoms with Crippen molar-refractivity contribution in [3.63, 3.8) is 0 Å². The second kappa shape index (κ2) is 4.53. The molecule has 0 aliphatic rings. The molecule has 2 heteroatoms. The topological polar surface area (TPSA) is 26.0 Å². The smallest absolute Gasteiger partial charge is 0.0102 e. The van der Waals surface area contributed by atoms with E-state index >= 15 is 0 Å². The molecular weight excluding hydrogens is 166 g/mol. The molecule has 1 rings (SSSR count). The highest BCUT2D eigenvalue weighted by Gasteiger charge is 1.99. The summed E-state index contributed by atoms with van der Waals surface area (Å²) < 4.78 is 0. The number of aryl methyl sites for hydroxylation is 1. The molecule has 0 fully saturated rings. The fourth-order valence-electron chi connectivity index (χ4n) is 1.26. The van der Waals surface area contributed by atoms with Gasteiger partial charge in [-0.2, -0.15) is 0 Å². The molecule has 0 amide bonds. The maximum Gasteiger partial charge on any atom is 0.0102 e. The van der Waals surface area contributed by atoms with E-state index in [9.17, 15) is 0 Å². The van der Waals surface area contributed by atoms with Gasteiger partial charge in [-0.05, 0) is 37.8 Å². The van der Waals surface area contributed by atoms with Crippen LogP contribution >= 0.6 is 11.8 Å². The normalized spacial score (nSPS) is 10.2. The van der Waals surface area contributed by atoms with Crippen molar-refractivity contribution in [2.45, 2.75) is 18.2 Å². The average Bonchev–Trinajstić information content (AvgIpc) is 2.05. The number of nitrogens with two attached hydrogens (primary N) is 1. The Morgan fingerprint density at radius 2 is 2.17 bits per heavy atom. The van der Waals surface area contributed by atoms with Crippen molar-refractivity contribution < 1.29 is 0 Å². The summed E-state index contributed by atoms with van der Waals surface area (Å²) in [5, 5.41) is 0. The zero-order valence-corrected chi connectivity index (χ0v) is 8.45. The molecule has 1 nitrogen and oxygen atoms in total. The molecule has 0 aromatic heterocycles. The lowest BCUT2D eigenvalue weighted by Crippen LogP contribution is -2.03. The molecule has 66 valence electrons. The van der Waals surface area contributed by atoms with Gasteiger partial charge in [0.05, 0.1) is 0 Å². The highest BCUT2D eigenvalue weighted by molar-refractivity contribution is 7.98. The van der Waals surface area contributed by atoms with Crippen LogP contribution in [-0.4, -0.2) is 12.8 Å². The lowest BCUT2D eigenvalue weighted by Gasteiger charge is -2.06. The quantitative estimate of drug-likeness (QED) is 0.724. The van der Waals surface area contributed by atoms with Crippen molar-refractivity contribution in [2.75, 3.05) is 12.8 Å². The molecule has 0 aliphatic carbocycles. The fourth-order valence-corrected chi connectivity index (χ4v) is 1.89. The molecule has 0 saturated heterocycles. The SMILES string of the molecule is CSc1ccc(C)cc1CCN. The number of thioether (sulfide) groups is 1. The van der Waals surface area contributed by atoms with E-state index in [1.807, 2.05) is 0 Å². The summed E-state index contributed by atoms with van der Waals surface area (Å²) >= 11 is 1.79. The van der Waals surface area contributed by atoms with Crippen LogP contribution < -0.4 is 5.73 Å². The number of hydrogen-bond acceptors (Lipinski definition) is 2. The Morgan fingerprint density at radius 3 is 2.75 bits per heavy atom. The highest BCUT2D eigenvalue weighted by Crippen LogP contribution is 2.21. The molecule has 0 atom stereocenters. The summed E-state index contributed by atoms with van der Waals surface area (Å²) in [4.78, 5) is 1.35. The Hall–Kier alpha value is -0.470. The van der Waals surface area contributed by atoms with Crippen molar-refractivity contribution in [1.29, 1.82) is 0 Å². The van der Waals surface area contributed by atoms with Gasteiger partial charge in [0, 0.05) is 4.90 Å². The lowest BCUT2D eigenvalue weighted by molar-refractivity contribution is 0.942. The summed E-state index contributed by atoms with van der Waals surface area (Å²) in [6.07, 6.45) is 3.09. The molecular formula is C10H15NS. The van der Waals surface area contributed by atoms with Gasteiger partial charge >= 0.3 is 0 Å². The Morgan fingerprint density at radius 1 is 1.42 bits per heavy atom. The first-order chi connectivity index (χ1) is 5.77. The van der Waals surface area contributed by atoms with Crippen molar-refractivity contribution in [1.82, 2.24) is 0 Å². The molecule has 0 bridgehead atoms. The molecule has 0 unspecified atom stereocenters. The minimum absolute atomic E-state index is 0.733. The maximum absolute atomic E-state index is 5.52. The van der Waals surface area contributed by atoms with Gasteiger partial charge in [0.15, 0.2) is 0 Å². The van der Waals surface area contributed by atoms with E-state index in [2.05, 4.69) is 31.4 Å². The fraction of sp³-hybridized carbons (Fsp3) is 0.400. The van der Waals surface area contributed by atoms with Crippen LogP contribution in [0.5, 0.6) is 0 Å². The van der Waals surface area contributed by atoms with Gasteiger partial charge in [-0.1, -0.05) is 17.7 Å². The number of benzene rings is 1. The Kier molecular flexibility index (Phi) is 3.63. The van der Waals surface area contributed by atoms with Gasteiger partial charge in [-0.25, -0.2) is 0 Å². The van der Waals surface area contributed by atoms with E-state index in [1.165, 1.54) is 16.0 Å². The van der Waals surface area contributed by atoms with Gasteiger partial charge in [0.1, 0.15) is 0 Å². The van der Waals surface area contributed by atoms with Gasteiger partial charge in [0.25, 0.3) is 0 Å². The monoisotopic (exact) mass is 181 g/mol. The third kappa shape index (κ3) is 2.26. The predicted octanol–water partition coefficient (Wildman–Crippen LogP) is 2.22. The molecule has 0 aliphatic heterocycles. The second-order valence-electron chi connectivity index (χ2n) is 2.85. The van der Waals surface area contributed by atoms with Gasteiger partial charge < -0.3 is 5.73 Å². The van der Waals surface area contributed by atoms with Crippen molar-refractivity contribution in [3.05, 3.63) is 29.3 Å². The van der Waals surface area contributed by atoms with E-state index in [-0.39, 0.29) is 0 Å². The standard InChI is InChI=1S/C10H15NS/c1-8-3-4-10(12-2)9(7-8)5-6-11/h3-4,7H,5-6,11H2,1-2H3.